The molecule has 0 saturated carbocycles. The van der Waals surface area contributed by atoms with E-state index < -0.39 is 28.6 Å². The number of halogens is 1. The van der Waals surface area contributed by atoms with Gasteiger partial charge in [0.05, 0.1) is 27.5 Å². The first-order chi connectivity index (χ1) is 15.7. The number of carboxylic acids is 1. The molecule has 10 nitrogen and oxygen atoms in total. The van der Waals surface area contributed by atoms with E-state index in [1.54, 1.807) is 25.1 Å². The van der Waals surface area contributed by atoms with Gasteiger partial charge in [0.15, 0.2) is 18.1 Å². The van der Waals surface area contributed by atoms with Crippen LogP contribution in [0.3, 0.4) is 0 Å². The monoisotopic (exact) mass is 536 g/mol. The number of nitro groups is 1. The largest absolute Gasteiger partial charge is 0.490 e. The van der Waals surface area contributed by atoms with Gasteiger partial charge in [-0.15, -0.1) is 0 Å². The third kappa shape index (κ3) is 5.90. The Balaban J connectivity index is 1.85. The molecule has 12 heteroatoms. The van der Waals surface area contributed by atoms with Crippen molar-refractivity contribution in [3.8, 4) is 11.5 Å². The van der Waals surface area contributed by atoms with Crippen molar-refractivity contribution >= 4 is 56.6 Å². The lowest BCUT2D eigenvalue weighted by Crippen LogP contribution is -2.27. The molecule has 0 atom stereocenters. The van der Waals surface area contributed by atoms with Crippen LogP contribution >= 0.6 is 27.7 Å². The molecule has 3 rings (SSSR count). The molecule has 0 aliphatic carbocycles. The minimum atomic E-state index is -1.15. The van der Waals surface area contributed by atoms with Crippen LogP contribution in [0.1, 0.15) is 18.1 Å². The highest BCUT2D eigenvalue weighted by Gasteiger charge is 2.35. The maximum absolute atomic E-state index is 12.8. The first-order valence-electron chi connectivity index (χ1n) is 9.49. The summed E-state index contributed by atoms with van der Waals surface area (Å²) in [4.78, 5) is 47.7. The number of ether oxygens (including phenoxy) is 2. The summed E-state index contributed by atoms with van der Waals surface area (Å²) < 4.78 is 11.2. The number of amides is 2. The summed E-state index contributed by atoms with van der Waals surface area (Å²) >= 11 is 4.07. The van der Waals surface area contributed by atoms with Gasteiger partial charge in [-0.2, -0.15) is 0 Å². The lowest BCUT2D eigenvalue weighted by Gasteiger charge is -2.14. The second-order valence-electron chi connectivity index (χ2n) is 6.64. The quantitative estimate of drug-likeness (QED) is 0.279. The number of non-ortho nitro benzene ring substituents is 1. The Morgan fingerprint density at radius 1 is 1.27 bits per heavy atom. The molecule has 0 aromatic heterocycles. The smallest absolute Gasteiger partial charge is 0.341 e. The highest BCUT2D eigenvalue weighted by atomic mass is 79.9. The summed E-state index contributed by atoms with van der Waals surface area (Å²) in [5.74, 6) is -1.20. The molecule has 0 unspecified atom stereocenters. The lowest BCUT2D eigenvalue weighted by atomic mass is 10.1. The van der Waals surface area contributed by atoms with E-state index in [-0.39, 0.29) is 28.6 Å². The summed E-state index contributed by atoms with van der Waals surface area (Å²) in [5, 5.41) is 19.3. The van der Waals surface area contributed by atoms with E-state index in [1.807, 2.05) is 0 Å². The van der Waals surface area contributed by atoms with Crippen LogP contribution in [-0.4, -0.2) is 45.3 Å². The molecule has 0 bridgehead atoms. The van der Waals surface area contributed by atoms with Crippen LogP contribution < -0.4 is 9.47 Å². The Morgan fingerprint density at radius 2 is 2.03 bits per heavy atom. The number of nitro benzene ring substituents is 1. The first-order valence-corrected chi connectivity index (χ1v) is 11.1. The van der Waals surface area contributed by atoms with Gasteiger partial charge in [-0.05, 0) is 64.0 Å². The van der Waals surface area contributed by atoms with Crippen LogP contribution in [0, 0.1) is 10.1 Å². The Labute approximate surface area is 200 Å². The average molecular weight is 537 g/mol. The summed E-state index contributed by atoms with van der Waals surface area (Å²) in [6, 6.07) is 8.90. The number of hydrogen-bond acceptors (Lipinski definition) is 8. The fourth-order valence-corrected chi connectivity index (χ4v) is 4.36. The van der Waals surface area contributed by atoms with Crippen LogP contribution in [0.5, 0.6) is 11.5 Å². The third-order valence-electron chi connectivity index (χ3n) is 4.31. The summed E-state index contributed by atoms with van der Waals surface area (Å²) in [7, 11) is 0. The first kappa shape index (κ1) is 24.3. The number of carboxylic acid groups (broad SMARTS) is 1. The van der Waals surface area contributed by atoms with Crippen molar-refractivity contribution in [1.82, 2.24) is 4.90 Å². The number of carbonyl (C=O) groups is 3. The molecule has 2 aromatic rings. The second kappa shape index (κ2) is 10.5. The van der Waals surface area contributed by atoms with Crippen LogP contribution in [0.25, 0.3) is 6.08 Å². The second-order valence-corrected chi connectivity index (χ2v) is 8.49. The molecule has 1 aliphatic rings. The number of rotatable bonds is 9. The molecule has 2 amide bonds. The van der Waals surface area contributed by atoms with Crippen molar-refractivity contribution in [2.75, 3.05) is 13.2 Å². The number of nitrogens with zero attached hydrogens (tertiary/aromatic N) is 2. The SMILES string of the molecule is CCOc1cc(/C=C2/SC(=O)N(Cc3cccc([N+](=O)[O-])c3)C2=O)cc(Br)c1OCC(=O)O. The fourth-order valence-electron chi connectivity index (χ4n) is 2.95. The van der Waals surface area contributed by atoms with Crippen LogP contribution in [-0.2, 0) is 16.1 Å². The van der Waals surface area contributed by atoms with Gasteiger partial charge in [0.25, 0.3) is 16.8 Å². The number of imide groups is 1. The van der Waals surface area contributed by atoms with Crippen molar-refractivity contribution < 1.29 is 33.9 Å². The van der Waals surface area contributed by atoms with E-state index in [2.05, 4.69) is 15.9 Å². The fraction of sp³-hybridized carbons (Fsp3) is 0.190. The Bertz CT molecular complexity index is 1170. The van der Waals surface area contributed by atoms with Crippen LogP contribution in [0.15, 0.2) is 45.8 Å². The Morgan fingerprint density at radius 3 is 2.70 bits per heavy atom. The summed E-state index contributed by atoms with van der Waals surface area (Å²) in [6.45, 7) is 1.38. The van der Waals surface area contributed by atoms with E-state index in [9.17, 15) is 24.5 Å². The normalized spacial score (nSPS) is 14.6. The number of benzene rings is 2. The third-order valence-corrected chi connectivity index (χ3v) is 5.80. The Hall–Kier alpha value is -3.38. The molecule has 1 N–H and O–H groups in total. The predicted octanol–water partition coefficient (Wildman–Crippen LogP) is 4.46. The van der Waals surface area contributed by atoms with Gasteiger partial charge in [0, 0.05) is 12.1 Å². The summed E-state index contributed by atoms with van der Waals surface area (Å²) in [5.41, 5.74) is 0.844. The highest BCUT2D eigenvalue weighted by Crippen LogP contribution is 2.39. The van der Waals surface area contributed by atoms with Crippen molar-refractivity contribution in [2.24, 2.45) is 0 Å². The molecule has 1 fully saturated rings. The maximum Gasteiger partial charge on any atom is 0.341 e. The molecule has 0 radical (unpaired) electrons. The molecule has 1 heterocycles. The van der Waals surface area contributed by atoms with Gasteiger partial charge >= 0.3 is 5.97 Å². The Kier molecular flexibility index (Phi) is 7.71. The van der Waals surface area contributed by atoms with Gasteiger partial charge in [0.1, 0.15) is 0 Å². The number of aliphatic carboxylic acids is 1. The molecule has 1 aliphatic heterocycles. The molecule has 1 saturated heterocycles. The van der Waals surface area contributed by atoms with E-state index in [1.165, 1.54) is 24.3 Å². The van der Waals surface area contributed by atoms with E-state index >= 15 is 0 Å². The summed E-state index contributed by atoms with van der Waals surface area (Å²) in [6.07, 6.45) is 1.51. The minimum Gasteiger partial charge on any atom is -0.490 e. The standard InChI is InChI=1S/C21H17BrN2O8S/c1-2-31-16-8-13(7-15(22)19(16)32-11-18(25)26)9-17-20(27)23(21(28)33-17)10-12-4-3-5-14(6-12)24(29)30/h3-9H,2,10-11H2,1H3,(H,25,26)/b17-9+. The van der Waals surface area contributed by atoms with E-state index in [0.29, 0.717) is 22.2 Å². The van der Waals surface area contributed by atoms with Crippen LogP contribution in [0.4, 0.5) is 10.5 Å². The number of thioether (sulfide) groups is 1. The predicted molar refractivity (Wildman–Crippen MR) is 123 cm³/mol. The minimum absolute atomic E-state index is 0.0977. The molecular formula is C21H17BrN2O8S. The van der Waals surface area contributed by atoms with E-state index in [4.69, 9.17) is 14.6 Å². The highest BCUT2D eigenvalue weighted by molar-refractivity contribution is 9.10. The average Bonchev–Trinajstić information content (AvgIpc) is 3.00. The molecule has 33 heavy (non-hydrogen) atoms. The van der Waals surface area contributed by atoms with Crippen LogP contribution in [0.2, 0.25) is 0 Å². The molecule has 2 aromatic carbocycles. The maximum atomic E-state index is 12.8. The topological polar surface area (TPSA) is 136 Å². The molecule has 0 spiro atoms. The van der Waals surface area contributed by atoms with Crippen molar-refractivity contribution in [3.05, 3.63) is 67.0 Å². The van der Waals surface area contributed by atoms with Crippen molar-refractivity contribution in [3.63, 3.8) is 0 Å². The van der Waals surface area contributed by atoms with Gasteiger partial charge in [-0.25, -0.2) is 4.79 Å². The molecular weight excluding hydrogens is 520 g/mol. The zero-order chi connectivity index (χ0) is 24.1. The van der Waals surface area contributed by atoms with Gasteiger partial charge in [-0.1, -0.05) is 12.1 Å². The molecule has 172 valence electrons. The lowest BCUT2D eigenvalue weighted by molar-refractivity contribution is -0.384. The van der Waals surface area contributed by atoms with Crippen molar-refractivity contribution in [2.45, 2.75) is 13.5 Å². The number of carbonyl (C=O) groups excluding carboxylic acids is 2. The zero-order valence-electron chi connectivity index (χ0n) is 17.1. The zero-order valence-corrected chi connectivity index (χ0v) is 19.6. The van der Waals surface area contributed by atoms with E-state index in [0.717, 1.165) is 16.7 Å². The van der Waals surface area contributed by atoms with Gasteiger partial charge in [0.2, 0.25) is 0 Å². The van der Waals surface area contributed by atoms with Gasteiger partial charge < -0.3 is 14.6 Å². The number of hydrogen-bond donors (Lipinski definition) is 1. The van der Waals surface area contributed by atoms with Gasteiger partial charge in [-0.3, -0.25) is 24.6 Å². The van der Waals surface area contributed by atoms with Crippen molar-refractivity contribution in [1.29, 1.82) is 0 Å².